The van der Waals surface area contributed by atoms with Crippen molar-refractivity contribution < 1.29 is 12.8 Å². The quantitative estimate of drug-likeness (QED) is 0.897. The summed E-state index contributed by atoms with van der Waals surface area (Å²) in [5.74, 6) is -0.510. The average molecular weight is 321 g/mol. The second-order valence-corrected chi connectivity index (χ2v) is 7.32. The lowest BCUT2D eigenvalue weighted by atomic mass is 10.0. The van der Waals surface area contributed by atoms with Crippen LogP contribution >= 0.6 is 11.6 Å². The number of halogens is 2. The molecule has 0 aliphatic carbocycles. The van der Waals surface area contributed by atoms with Gasteiger partial charge in [0.1, 0.15) is 10.7 Å². The molecule has 1 aromatic carbocycles. The summed E-state index contributed by atoms with van der Waals surface area (Å²) in [5, 5.41) is 3.16. The van der Waals surface area contributed by atoms with Gasteiger partial charge in [-0.1, -0.05) is 11.6 Å². The maximum atomic E-state index is 13.3. The molecule has 2 atom stereocenters. The summed E-state index contributed by atoms with van der Waals surface area (Å²) < 4.78 is 40.7. The Balaban J connectivity index is 2.24. The van der Waals surface area contributed by atoms with E-state index in [0.29, 0.717) is 0 Å². The van der Waals surface area contributed by atoms with Crippen LogP contribution in [0.15, 0.2) is 17.0 Å². The fourth-order valence-electron chi connectivity index (χ4n) is 2.36. The van der Waals surface area contributed by atoms with E-state index in [1.807, 2.05) is 6.92 Å². The van der Waals surface area contributed by atoms with Crippen molar-refractivity contribution in [3.63, 3.8) is 0 Å². The van der Waals surface area contributed by atoms with Crippen LogP contribution in [0.5, 0.6) is 0 Å². The van der Waals surface area contributed by atoms with Crippen LogP contribution in [0.2, 0.25) is 5.02 Å². The minimum Gasteiger partial charge on any atom is -0.314 e. The summed E-state index contributed by atoms with van der Waals surface area (Å²) in [6.45, 7) is 4.29. The Morgan fingerprint density at radius 3 is 2.80 bits per heavy atom. The fourth-order valence-corrected chi connectivity index (χ4v) is 4.24. The van der Waals surface area contributed by atoms with Gasteiger partial charge in [0.05, 0.1) is 5.02 Å². The Bertz CT molecular complexity index is 607. The smallest absolute Gasteiger partial charge is 0.242 e. The highest BCUT2D eigenvalue weighted by Crippen LogP contribution is 2.25. The van der Waals surface area contributed by atoms with Crippen LogP contribution in [0.25, 0.3) is 0 Å². The predicted molar refractivity (Wildman–Crippen MR) is 77.0 cm³/mol. The Labute approximate surface area is 123 Å². The van der Waals surface area contributed by atoms with Crippen LogP contribution in [0.4, 0.5) is 4.39 Å². The van der Waals surface area contributed by atoms with Crippen LogP contribution < -0.4 is 10.0 Å². The predicted octanol–water partition coefficient (Wildman–Crippen LogP) is 2.21. The van der Waals surface area contributed by atoms with Crippen LogP contribution in [-0.4, -0.2) is 27.0 Å². The van der Waals surface area contributed by atoms with Gasteiger partial charge in [0, 0.05) is 12.1 Å². The number of nitrogens with one attached hydrogen (secondary N) is 2. The Morgan fingerprint density at radius 1 is 1.45 bits per heavy atom. The zero-order valence-corrected chi connectivity index (χ0v) is 13.0. The highest BCUT2D eigenvalue weighted by Gasteiger charge is 2.26. The third-order valence-corrected chi connectivity index (χ3v) is 5.43. The van der Waals surface area contributed by atoms with E-state index >= 15 is 0 Å². The minimum atomic E-state index is -3.73. The highest BCUT2D eigenvalue weighted by molar-refractivity contribution is 7.89. The molecule has 20 heavy (non-hydrogen) atoms. The SMILES string of the molecule is Cc1cc(S(=O)(=O)NC2CCNC(C)C2)c(Cl)cc1F. The Hall–Kier alpha value is -0.690. The third-order valence-electron chi connectivity index (χ3n) is 3.45. The summed E-state index contributed by atoms with van der Waals surface area (Å²) in [6.07, 6.45) is 1.44. The maximum absolute atomic E-state index is 13.3. The summed E-state index contributed by atoms with van der Waals surface area (Å²) >= 11 is 5.86. The molecule has 2 rings (SSSR count). The molecule has 0 bridgehead atoms. The van der Waals surface area contributed by atoms with Crippen LogP contribution in [0, 0.1) is 12.7 Å². The van der Waals surface area contributed by atoms with Gasteiger partial charge in [0.25, 0.3) is 0 Å². The molecule has 1 heterocycles. The average Bonchev–Trinajstić information content (AvgIpc) is 2.33. The Kier molecular flexibility index (Phi) is 4.69. The molecule has 4 nitrogen and oxygen atoms in total. The fraction of sp³-hybridized carbons (Fsp3) is 0.538. The molecule has 1 fully saturated rings. The van der Waals surface area contributed by atoms with Gasteiger partial charge < -0.3 is 5.32 Å². The van der Waals surface area contributed by atoms with E-state index in [0.717, 1.165) is 25.5 Å². The summed E-state index contributed by atoms with van der Waals surface area (Å²) in [7, 11) is -3.73. The lowest BCUT2D eigenvalue weighted by molar-refractivity contribution is 0.361. The number of benzene rings is 1. The monoisotopic (exact) mass is 320 g/mol. The molecule has 0 radical (unpaired) electrons. The van der Waals surface area contributed by atoms with E-state index in [1.54, 1.807) is 0 Å². The van der Waals surface area contributed by atoms with Gasteiger partial charge in [-0.15, -0.1) is 0 Å². The first kappa shape index (κ1) is 15.7. The molecule has 0 amide bonds. The number of sulfonamides is 1. The topological polar surface area (TPSA) is 58.2 Å². The van der Waals surface area contributed by atoms with Crippen molar-refractivity contribution in [3.05, 3.63) is 28.5 Å². The third kappa shape index (κ3) is 3.49. The van der Waals surface area contributed by atoms with Crippen molar-refractivity contribution in [1.29, 1.82) is 0 Å². The first-order valence-electron chi connectivity index (χ1n) is 6.51. The second kappa shape index (κ2) is 5.97. The van der Waals surface area contributed by atoms with Gasteiger partial charge >= 0.3 is 0 Å². The molecule has 7 heteroatoms. The van der Waals surface area contributed by atoms with E-state index in [2.05, 4.69) is 10.0 Å². The molecule has 2 N–H and O–H groups in total. The molecule has 1 aromatic rings. The minimum absolute atomic E-state index is 0.0655. The van der Waals surface area contributed by atoms with Gasteiger partial charge in [0.15, 0.2) is 0 Å². The molecule has 0 spiro atoms. The first-order chi connectivity index (χ1) is 9.29. The highest BCUT2D eigenvalue weighted by atomic mass is 35.5. The van der Waals surface area contributed by atoms with E-state index in [-0.39, 0.29) is 27.6 Å². The number of piperidine rings is 1. The number of rotatable bonds is 3. The molecular weight excluding hydrogens is 303 g/mol. The zero-order valence-electron chi connectivity index (χ0n) is 11.4. The lowest BCUT2D eigenvalue weighted by Crippen LogP contribution is -2.46. The van der Waals surface area contributed by atoms with Gasteiger partial charge in [-0.3, -0.25) is 0 Å². The van der Waals surface area contributed by atoms with Crippen molar-refractivity contribution in [3.8, 4) is 0 Å². The van der Waals surface area contributed by atoms with E-state index in [9.17, 15) is 12.8 Å². The first-order valence-corrected chi connectivity index (χ1v) is 8.37. The van der Waals surface area contributed by atoms with Gasteiger partial charge in [-0.05, 0) is 50.9 Å². The number of hydrogen-bond donors (Lipinski definition) is 2. The van der Waals surface area contributed by atoms with E-state index in [1.165, 1.54) is 13.0 Å². The summed E-state index contributed by atoms with van der Waals surface area (Å²) in [5.41, 5.74) is 0.258. The van der Waals surface area contributed by atoms with E-state index < -0.39 is 15.8 Å². The van der Waals surface area contributed by atoms with Gasteiger partial charge in [-0.25, -0.2) is 17.5 Å². The molecule has 1 saturated heterocycles. The molecule has 1 aliphatic rings. The van der Waals surface area contributed by atoms with Crippen LogP contribution in [-0.2, 0) is 10.0 Å². The van der Waals surface area contributed by atoms with Crippen molar-refractivity contribution in [2.24, 2.45) is 0 Å². The molecule has 0 saturated carbocycles. The van der Waals surface area contributed by atoms with Crippen molar-refractivity contribution in [2.75, 3.05) is 6.54 Å². The molecule has 0 aromatic heterocycles. The zero-order chi connectivity index (χ0) is 14.9. The summed E-state index contributed by atoms with van der Waals surface area (Å²) in [6, 6.07) is 2.45. The molecule has 1 aliphatic heterocycles. The van der Waals surface area contributed by atoms with Crippen molar-refractivity contribution in [1.82, 2.24) is 10.0 Å². The van der Waals surface area contributed by atoms with Gasteiger partial charge in [0.2, 0.25) is 10.0 Å². The number of aryl methyl sites for hydroxylation is 1. The molecular formula is C13H18ClFN2O2S. The lowest BCUT2D eigenvalue weighted by Gasteiger charge is -2.28. The summed E-state index contributed by atoms with van der Waals surface area (Å²) in [4.78, 5) is -0.0655. The maximum Gasteiger partial charge on any atom is 0.242 e. The van der Waals surface area contributed by atoms with E-state index in [4.69, 9.17) is 11.6 Å². The number of hydrogen-bond acceptors (Lipinski definition) is 3. The second-order valence-electron chi connectivity index (χ2n) is 5.23. The van der Waals surface area contributed by atoms with Crippen LogP contribution in [0.3, 0.4) is 0 Å². The normalized spacial score (nSPS) is 23.8. The largest absolute Gasteiger partial charge is 0.314 e. The van der Waals surface area contributed by atoms with Crippen molar-refractivity contribution >= 4 is 21.6 Å². The molecule has 2 unspecified atom stereocenters. The Morgan fingerprint density at radius 2 is 2.15 bits per heavy atom. The van der Waals surface area contributed by atoms with Crippen molar-refractivity contribution in [2.45, 2.75) is 43.7 Å². The van der Waals surface area contributed by atoms with Gasteiger partial charge in [-0.2, -0.15) is 0 Å². The molecule has 112 valence electrons. The van der Waals surface area contributed by atoms with Crippen LogP contribution in [0.1, 0.15) is 25.3 Å². The standard InChI is InChI=1S/C13H18ClFN2O2S/c1-8-5-13(11(14)7-12(8)15)20(18,19)17-10-3-4-16-9(2)6-10/h5,7,9-10,16-17H,3-4,6H2,1-2H3.